The van der Waals surface area contributed by atoms with Gasteiger partial charge in [0, 0.05) is 51.1 Å². The first-order chi connectivity index (χ1) is 23.2. The molecule has 0 saturated carbocycles. The molecule has 1 aromatic carbocycles. The highest BCUT2D eigenvalue weighted by Crippen LogP contribution is 2.22. The van der Waals surface area contributed by atoms with Crippen LogP contribution in [0.15, 0.2) is 77.4 Å². The van der Waals surface area contributed by atoms with E-state index >= 15 is 0 Å². The molecule has 3 fully saturated rings. The monoisotopic (exact) mass is 658 g/mol. The highest BCUT2D eigenvalue weighted by atomic mass is 19.1. The molecule has 0 radical (unpaired) electrons. The van der Waals surface area contributed by atoms with Crippen LogP contribution in [-0.2, 0) is 20.7 Å². The van der Waals surface area contributed by atoms with Crippen molar-refractivity contribution < 1.29 is 18.7 Å². The van der Waals surface area contributed by atoms with Gasteiger partial charge >= 0.3 is 0 Å². The first kappa shape index (κ1) is 36.5. The van der Waals surface area contributed by atoms with E-state index in [1.807, 2.05) is 6.92 Å². The van der Waals surface area contributed by atoms with E-state index in [1.165, 1.54) is 17.1 Å². The topological polar surface area (TPSA) is 111 Å². The number of rotatable bonds is 9. The Morgan fingerprint density at radius 3 is 2.27 bits per heavy atom. The van der Waals surface area contributed by atoms with E-state index in [0.717, 1.165) is 51.9 Å². The van der Waals surface area contributed by atoms with Crippen LogP contribution in [0.3, 0.4) is 0 Å². The van der Waals surface area contributed by atoms with Gasteiger partial charge in [0.25, 0.3) is 11.5 Å². The van der Waals surface area contributed by atoms with Crippen molar-refractivity contribution in [3.63, 3.8) is 0 Å². The summed E-state index contributed by atoms with van der Waals surface area (Å²) >= 11 is 0. The smallest absolute Gasteiger partial charge is 0.272 e. The average Bonchev–Trinajstić information content (AvgIpc) is 3.10. The molecular weight excluding hydrogens is 611 g/mol. The molecule has 0 spiro atoms. The van der Waals surface area contributed by atoms with Gasteiger partial charge in [0.15, 0.2) is 0 Å². The number of fused-ring (bicyclic) bond motifs is 1. The van der Waals surface area contributed by atoms with E-state index in [0.29, 0.717) is 47.8 Å². The molecule has 11 heteroatoms. The molecule has 0 unspecified atom stereocenters. The molecule has 256 valence electrons. The third-order valence-electron chi connectivity index (χ3n) is 8.75. The summed E-state index contributed by atoms with van der Waals surface area (Å²) in [5.41, 5.74) is 0.465. The van der Waals surface area contributed by atoms with E-state index in [4.69, 9.17) is 11.2 Å². The van der Waals surface area contributed by atoms with Gasteiger partial charge in [-0.05, 0) is 69.5 Å². The predicted molar refractivity (Wildman–Crippen MR) is 187 cm³/mol. The Hall–Kier alpha value is -4.37. The fourth-order valence-electron chi connectivity index (χ4n) is 6.22. The van der Waals surface area contributed by atoms with E-state index < -0.39 is 11.7 Å². The van der Waals surface area contributed by atoms with Crippen molar-refractivity contribution >= 4 is 22.6 Å². The molecule has 5 rings (SSSR count). The third-order valence-corrected chi connectivity index (χ3v) is 8.75. The molecule has 0 atom stereocenters. The summed E-state index contributed by atoms with van der Waals surface area (Å²) in [6, 6.07) is 7.02. The number of likely N-dealkylation sites (tertiary alicyclic amines) is 1. The van der Waals surface area contributed by atoms with Crippen LogP contribution in [-0.4, -0.2) is 108 Å². The second kappa shape index (κ2) is 18.2. The zero-order chi connectivity index (χ0) is 34.5. The van der Waals surface area contributed by atoms with E-state index in [1.54, 1.807) is 35.2 Å². The zero-order valence-electron chi connectivity index (χ0n) is 27.9. The standard InChI is InChI=1S/C34H41FN6O4.C3H6/c1-3-6-25(22-31-28-7-4-5-8-29(28)33(43)38-37-31)21-30(24(2)35)34(44)41-19-17-40(18-20-41)32(42)23-39-15-11-27(12-16-39)45-26-9-13-36-14-10-26;1-3-2/h1,4-8,21,26-27,36H,2,9-20,22-23H2,(H,38,43);3H,1H2,2H3/b25-6+,30-21+;. The summed E-state index contributed by atoms with van der Waals surface area (Å²) in [7, 11) is 0. The lowest BCUT2D eigenvalue weighted by molar-refractivity contribution is -0.139. The van der Waals surface area contributed by atoms with Crippen molar-refractivity contribution in [2.24, 2.45) is 0 Å². The molecule has 4 heterocycles. The van der Waals surface area contributed by atoms with Crippen LogP contribution in [0.5, 0.6) is 0 Å². The van der Waals surface area contributed by atoms with Gasteiger partial charge in [-0.15, -0.1) is 13.0 Å². The zero-order valence-corrected chi connectivity index (χ0v) is 27.9. The first-order valence-corrected chi connectivity index (χ1v) is 16.6. The number of hydrogen-bond acceptors (Lipinski definition) is 7. The number of H-pyrrole nitrogens is 1. The Bertz CT molecular complexity index is 1600. The van der Waals surface area contributed by atoms with Gasteiger partial charge in [-0.25, -0.2) is 9.49 Å². The molecule has 3 aliphatic rings. The Labute approximate surface area is 282 Å². The fraction of sp³-hybridized carbons (Fsp3) is 0.459. The van der Waals surface area contributed by atoms with Crippen LogP contribution in [0.1, 0.15) is 38.3 Å². The number of piperazine rings is 1. The molecule has 0 aliphatic carbocycles. The van der Waals surface area contributed by atoms with E-state index in [2.05, 4.69) is 39.5 Å². The summed E-state index contributed by atoms with van der Waals surface area (Å²) < 4.78 is 21.0. The lowest BCUT2D eigenvalue weighted by atomic mass is 10.0. The highest BCUT2D eigenvalue weighted by Gasteiger charge is 2.30. The molecule has 3 saturated heterocycles. The highest BCUT2D eigenvalue weighted by molar-refractivity contribution is 5.98. The molecule has 1 aromatic heterocycles. The number of allylic oxidation sites excluding steroid dienone is 4. The van der Waals surface area contributed by atoms with Crippen molar-refractivity contribution in [1.82, 2.24) is 30.2 Å². The minimum absolute atomic E-state index is 0.0327. The lowest BCUT2D eigenvalue weighted by Gasteiger charge is -2.38. The number of hydrogen-bond donors (Lipinski definition) is 2. The number of piperidine rings is 2. The number of ether oxygens (including phenoxy) is 1. The predicted octanol–water partition coefficient (Wildman–Crippen LogP) is 3.53. The Morgan fingerprint density at radius 1 is 1.04 bits per heavy atom. The molecule has 2 aromatic rings. The van der Waals surface area contributed by atoms with Gasteiger partial charge < -0.3 is 19.9 Å². The maximum atomic E-state index is 14.7. The van der Waals surface area contributed by atoms with Gasteiger partial charge in [-0.1, -0.05) is 36.8 Å². The van der Waals surface area contributed by atoms with Crippen molar-refractivity contribution in [3.8, 4) is 12.3 Å². The van der Waals surface area contributed by atoms with Crippen LogP contribution in [0, 0.1) is 12.3 Å². The Morgan fingerprint density at radius 2 is 1.65 bits per heavy atom. The number of nitrogens with one attached hydrogen (secondary N) is 2. The normalized spacial score (nSPS) is 18.5. The van der Waals surface area contributed by atoms with Gasteiger partial charge in [-0.3, -0.25) is 19.3 Å². The van der Waals surface area contributed by atoms with Crippen LogP contribution < -0.4 is 10.9 Å². The maximum absolute atomic E-state index is 14.7. The van der Waals surface area contributed by atoms with Crippen LogP contribution >= 0.6 is 0 Å². The number of aromatic nitrogens is 2. The summed E-state index contributed by atoms with van der Waals surface area (Å²) in [6.07, 6.45) is 14.8. The first-order valence-electron chi connectivity index (χ1n) is 16.6. The number of halogens is 1. The van der Waals surface area contributed by atoms with Crippen molar-refractivity contribution in [3.05, 3.63) is 88.7 Å². The number of aromatic amines is 1. The van der Waals surface area contributed by atoms with Crippen molar-refractivity contribution in [2.45, 2.75) is 51.2 Å². The molecule has 3 aliphatic heterocycles. The molecule has 2 N–H and O–H groups in total. The summed E-state index contributed by atoms with van der Waals surface area (Å²) in [5.74, 6) is 1.07. The molecule has 0 bridgehead atoms. The SMILES string of the molecule is C#C/C=C(\C=C(/C(=C)F)C(=O)N1CCN(C(=O)CN2CCC(OC3CCNCC3)CC2)CC1)Cc1n[nH]c(=O)c2ccccc12.C=CC. The summed E-state index contributed by atoms with van der Waals surface area (Å²) in [4.78, 5) is 44.2. The average molecular weight is 659 g/mol. The molecule has 48 heavy (non-hydrogen) atoms. The van der Waals surface area contributed by atoms with Crippen LogP contribution in [0.25, 0.3) is 10.8 Å². The lowest BCUT2D eigenvalue weighted by Crippen LogP contribution is -2.53. The largest absolute Gasteiger partial charge is 0.375 e. The van der Waals surface area contributed by atoms with Crippen LogP contribution in [0.4, 0.5) is 4.39 Å². The van der Waals surface area contributed by atoms with Crippen molar-refractivity contribution in [1.29, 1.82) is 0 Å². The molecule has 2 amide bonds. The quantitative estimate of drug-likeness (QED) is 0.184. The van der Waals surface area contributed by atoms with E-state index in [9.17, 15) is 18.8 Å². The minimum atomic E-state index is -0.881. The number of nitrogens with zero attached hydrogens (tertiary/aromatic N) is 4. The van der Waals surface area contributed by atoms with Crippen molar-refractivity contribution in [2.75, 3.05) is 58.9 Å². The van der Waals surface area contributed by atoms with Crippen LogP contribution in [0.2, 0.25) is 0 Å². The van der Waals surface area contributed by atoms with Gasteiger partial charge in [0.05, 0.1) is 35.4 Å². The Balaban J connectivity index is 0.00000167. The number of benzene rings is 1. The summed E-state index contributed by atoms with van der Waals surface area (Å²) in [6.45, 7) is 13.9. The second-order valence-corrected chi connectivity index (χ2v) is 12.2. The summed E-state index contributed by atoms with van der Waals surface area (Å²) in [5, 5.41) is 11.1. The number of amides is 2. The molecular formula is C37H47FN6O4. The van der Waals surface area contributed by atoms with Gasteiger partial charge in [-0.2, -0.15) is 5.10 Å². The second-order valence-electron chi connectivity index (χ2n) is 12.2. The number of carbonyl (C=O) groups excluding carboxylic acids is 2. The number of carbonyl (C=O) groups is 2. The Kier molecular flexibility index (Phi) is 13.9. The third kappa shape index (κ3) is 10.1. The fourth-order valence-corrected chi connectivity index (χ4v) is 6.22. The van der Waals surface area contributed by atoms with E-state index in [-0.39, 0.29) is 42.7 Å². The van der Waals surface area contributed by atoms with Gasteiger partial charge in [0.1, 0.15) is 5.83 Å². The molecule has 10 nitrogen and oxygen atoms in total. The van der Waals surface area contributed by atoms with Gasteiger partial charge in [0.2, 0.25) is 5.91 Å². The maximum Gasteiger partial charge on any atom is 0.272 e. The minimum Gasteiger partial charge on any atom is -0.375 e. The number of terminal acetylenes is 1.